The number of nitrogens with zero attached hydrogens (tertiary/aromatic N) is 1. The van der Waals surface area contributed by atoms with Gasteiger partial charge in [0.2, 0.25) is 0 Å². The number of hydrogen-bond donors (Lipinski definition) is 1. The van der Waals surface area contributed by atoms with Gasteiger partial charge in [-0.1, -0.05) is 17.7 Å². The van der Waals surface area contributed by atoms with Crippen LogP contribution in [0, 0.1) is 5.92 Å². The molecule has 88 valence electrons. The summed E-state index contributed by atoms with van der Waals surface area (Å²) in [6.07, 6.45) is 6.11. The first-order chi connectivity index (χ1) is 8.34. The number of hydrogen-bond acceptors (Lipinski definition) is 3. The molecular formula is C13H13ClN2S. The van der Waals surface area contributed by atoms with Gasteiger partial charge in [-0.2, -0.15) is 0 Å². The molecule has 2 aromatic heterocycles. The van der Waals surface area contributed by atoms with Crippen molar-refractivity contribution in [1.29, 1.82) is 0 Å². The SMILES string of the molecule is Clc1ccncc1NC(c1cccs1)C1CC1. The van der Waals surface area contributed by atoms with Crippen molar-refractivity contribution in [3.63, 3.8) is 0 Å². The summed E-state index contributed by atoms with van der Waals surface area (Å²) in [5, 5.41) is 6.39. The van der Waals surface area contributed by atoms with Crippen LogP contribution < -0.4 is 5.32 Å². The van der Waals surface area contributed by atoms with Gasteiger partial charge in [-0.25, -0.2) is 0 Å². The molecule has 0 aromatic carbocycles. The molecule has 2 aromatic rings. The third-order valence-electron chi connectivity index (χ3n) is 3.02. The van der Waals surface area contributed by atoms with Crippen LogP contribution in [0.15, 0.2) is 36.0 Å². The summed E-state index contributed by atoms with van der Waals surface area (Å²) in [7, 11) is 0. The Morgan fingerprint density at radius 2 is 2.29 bits per heavy atom. The zero-order chi connectivity index (χ0) is 11.7. The summed E-state index contributed by atoms with van der Waals surface area (Å²) in [5.74, 6) is 0.741. The number of halogens is 1. The van der Waals surface area contributed by atoms with E-state index in [1.807, 2.05) is 6.07 Å². The van der Waals surface area contributed by atoms with Gasteiger partial charge in [-0.15, -0.1) is 11.3 Å². The van der Waals surface area contributed by atoms with Crippen molar-refractivity contribution in [2.45, 2.75) is 18.9 Å². The Labute approximate surface area is 110 Å². The van der Waals surface area contributed by atoms with Gasteiger partial charge in [-0.05, 0) is 36.3 Å². The number of rotatable bonds is 4. The molecule has 1 unspecified atom stereocenters. The lowest BCUT2D eigenvalue weighted by molar-refractivity contribution is 0.690. The van der Waals surface area contributed by atoms with Crippen molar-refractivity contribution in [2.24, 2.45) is 5.92 Å². The quantitative estimate of drug-likeness (QED) is 0.888. The fourth-order valence-electron chi connectivity index (χ4n) is 1.97. The van der Waals surface area contributed by atoms with Crippen LogP contribution in [0.1, 0.15) is 23.8 Å². The van der Waals surface area contributed by atoms with Gasteiger partial charge >= 0.3 is 0 Å². The van der Waals surface area contributed by atoms with Crippen LogP contribution >= 0.6 is 22.9 Å². The first-order valence-electron chi connectivity index (χ1n) is 5.74. The molecule has 1 fully saturated rings. The topological polar surface area (TPSA) is 24.9 Å². The van der Waals surface area contributed by atoms with Gasteiger partial charge in [0, 0.05) is 11.1 Å². The number of pyridine rings is 1. The second-order valence-electron chi connectivity index (χ2n) is 4.33. The average Bonchev–Trinajstić information content (AvgIpc) is 3.03. The van der Waals surface area contributed by atoms with Crippen molar-refractivity contribution in [2.75, 3.05) is 5.32 Å². The molecule has 0 aliphatic heterocycles. The first kappa shape index (κ1) is 11.1. The van der Waals surface area contributed by atoms with Crippen LogP contribution in [0.3, 0.4) is 0 Å². The predicted molar refractivity (Wildman–Crippen MR) is 72.7 cm³/mol. The van der Waals surface area contributed by atoms with Gasteiger partial charge in [-0.3, -0.25) is 4.98 Å². The summed E-state index contributed by atoms with van der Waals surface area (Å²) < 4.78 is 0. The van der Waals surface area contributed by atoms with E-state index in [9.17, 15) is 0 Å². The minimum absolute atomic E-state index is 0.386. The van der Waals surface area contributed by atoms with Gasteiger partial charge in [0.05, 0.1) is 22.9 Å². The highest BCUT2D eigenvalue weighted by Crippen LogP contribution is 2.44. The Hall–Kier alpha value is -1.06. The molecule has 0 saturated heterocycles. The number of nitrogens with one attached hydrogen (secondary N) is 1. The van der Waals surface area contributed by atoms with Crippen molar-refractivity contribution < 1.29 is 0 Å². The molecule has 1 N–H and O–H groups in total. The lowest BCUT2D eigenvalue weighted by atomic mass is 10.1. The van der Waals surface area contributed by atoms with E-state index in [2.05, 4.69) is 27.8 Å². The first-order valence-corrected chi connectivity index (χ1v) is 7.00. The maximum Gasteiger partial charge on any atom is 0.0721 e. The Balaban J connectivity index is 1.84. The van der Waals surface area contributed by atoms with Crippen molar-refractivity contribution in [1.82, 2.24) is 4.98 Å². The van der Waals surface area contributed by atoms with Crippen molar-refractivity contribution in [3.05, 3.63) is 45.9 Å². The van der Waals surface area contributed by atoms with Gasteiger partial charge < -0.3 is 5.32 Å². The number of anilines is 1. The summed E-state index contributed by atoms with van der Waals surface area (Å²) >= 11 is 7.95. The van der Waals surface area contributed by atoms with Crippen LogP contribution in [0.2, 0.25) is 5.02 Å². The van der Waals surface area contributed by atoms with Crippen molar-refractivity contribution >= 4 is 28.6 Å². The molecule has 0 radical (unpaired) electrons. The van der Waals surface area contributed by atoms with E-state index in [1.165, 1.54) is 17.7 Å². The Morgan fingerprint density at radius 3 is 2.94 bits per heavy atom. The number of aromatic nitrogens is 1. The van der Waals surface area contributed by atoms with E-state index < -0.39 is 0 Å². The predicted octanol–water partition coefficient (Wildman–Crippen LogP) is 4.36. The fourth-order valence-corrected chi connectivity index (χ4v) is 3.00. The van der Waals surface area contributed by atoms with E-state index >= 15 is 0 Å². The van der Waals surface area contributed by atoms with Crippen LogP contribution in [0.25, 0.3) is 0 Å². The monoisotopic (exact) mass is 264 g/mol. The minimum atomic E-state index is 0.386. The molecule has 1 saturated carbocycles. The second kappa shape index (κ2) is 4.67. The Morgan fingerprint density at radius 1 is 1.41 bits per heavy atom. The maximum atomic E-state index is 6.16. The van der Waals surface area contributed by atoms with Crippen molar-refractivity contribution in [3.8, 4) is 0 Å². The highest BCUT2D eigenvalue weighted by Gasteiger charge is 2.33. The van der Waals surface area contributed by atoms with E-state index in [1.54, 1.807) is 23.7 Å². The summed E-state index contributed by atoms with van der Waals surface area (Å²) in [5.41, 5.74) is 0.930. The highest BCUT2D eigenvalue weighted by molar-refractivity contribution is 7.10. The molecule has 3 rings (SSSR count). The zero-order valence-corrected chi connectivity index (χ0v) is 10.8. The number of thiophene rings is 1. The normalized spacial score (nSPS) is 16.8. The van der Waals surface area contributed by atoms with E-state index in [4.69, 9.17) is 11.6 Å². The molecule has 1 atom stereocenters. The van der Waals surface area contributed by atoms with Gasteiger partial charge in [0.1, 0.15) is 0 Å². The molecule has 2 heterocycles. The van der Waals surface area contributed by atoms with Crippen LogP contribution in [-0.4, -0.2) is 4.98 Å². The largest absolute Gasteiger partial charge is 0.375 e. The molecule has 17 heavy (non-hydrogen) atoms. The second-order valence-corrected chi connectivity index (χ2v) is 5.72. The maximum absolute atomic E-state index is 6.16. The van der Waals surface area contributed by atoms with Crippen LogP contribution in [-0.2, 0) is 0 Å². The minimum Gasteiger partial charge on any atom is -0.375 e. The molecule has 2 nitrogen and oxygen atoms in total. The summed E-state index contributed by atoms with van der Waals surface area (Å²) in [6, 6.07) is 6.49. The van der Waals surface area contributed by atoms with Crippen LogP contribution in [0.4, 0.5) is 5.69 Å². The van der Waals surface area contributed by atoms with E-state index in [0.717, 1.165) is 16.6 Å². The molecule has 4 heteroatoms. The lowest BCUT2D eigenvalue weighted by Gasteiger charge is -2.18. The highest BCUT2D eigenvalue weighted by atomic mass is 35.5. The Bertz CT molecular complexity index is 494. The average molecular weight is 265 g/mol. The van der Waals surface area contributed by atoms with Gasteiger partial charge in [0.15, 0.2) is 0 Å². The third kappa shape index (κ3) is 2.45. The van der Waals surface area contributed by atoms with E-state index in [-0.39, 0.29) is 0 Å². The summed E-state index contributed by atoms with van der Waals surface area (Å²) in [4.78, 5) is 5.50. The van der Waals surface area contributed by atoms with Gasteiger partial charge in [0.25, 0.3) is 0 Å². The smallest absolute Gasteiger partial charge is 0.0721 e. The lowest BCUT2D eigenvalue weighted by Crippen LogP contribution is -2.11. The van der Waals surface area contributed by atoms with Crippen LogP contribution in [0.5, 0.6) is 0 Å². The molecule has 0 amide bonds. The molecule has 0 bridgehead atoms. The third-order valence-corrected chi connectivity index (χ3v) is 4.31. The summed E-state index contributed by atoms with van der Waals surface area (Å²) in [6.45, 7) is 0. The molecule has 1 aliphatic rings. The molecule has 0 spiro atoms. The zero-order valence-electron chi connectivity index (χ0n) is 9.27. The van der Waals surface area contributed by atoms with E-state index in [0.29, 0.717) is 6.04 Å². The molecular weight excluding hydrogens is 252 g/mol. The molecule has 1 aliphatic carbocycles. The Kier molecular flexibility index (Phi) is 3.04. The standard InChI is InChI=1S/C13H13ClN2S/c14-10-5-6-15-8-11(10)16-13(9-3-4-9)12-2-1-7-17-12/h1-2,5-9,13,16H,3-4H2. The fraction of sp³-hybridized carbons (Fsp3) is 0.308.